The predicted octanol–water partition coefficient (Wildman–Crippen LogP) is 1.11. The lowest BCUT2D eigenvalue weighted by atomic mass is 10.0. The molecule has 1 aromatic rings. The molecule has 0 radical (unpaired) electrons. The molecule has 2 aliphatic heterocycles. The van der Waals surface area contributed by atoms with Gasteiger partial charge in [0.05, 0.1) is 17.0 Å². The summed E-state index contributed by atoms with van der Waals surface area (Å²) in [5, 5.41) is 12.9. The fourth-order valence-corrected chi connectivity index (χ4v) is 2.86. The second-order valence-corrected chi connectivity index (χ2v) is 5.78. The number of amides is 1. The van der Waals surface area contributed by atoms with Crippen molar-refractivity contribution < 1.29 is 9.90 Å². The van der Waals surface area contributed by atoms with E-state index < -0.39 is 5.60 Å². The second-order valence-electron chi connectivity index (χ2n) is 5.78. The molecule has 0 aliphatic carbocycles. The first kappa shape index (κ1) is 12.3. The predicted molar refractivity (Wildman–Crippen MR) is 75.3 cm³/mol. The van der Waals surface area contributed by atoms with Crippen LogP contribution in [0.2, 0.25) is 0 Å². The van der Waals surface area contributed by atoms with Crippen molar-refractivity contribution in [3.8, 4) is 0 Å². The smallest absolute Gasteiger partial charge is 0.224 e. The number of nitrogen functional groups attached to an aromatic ring is 1. The Labute approximate surface area is 112 Å². The molecule has 4 N–H and O–H groups in total. The molecular formula is C14H19N3O2. The van der Waals surface area contributed by atoms with Crippen LogP contribution in [0, 0.1) is 0 Å². The number of anilines is 3. The van der Waals surface area contributed by atoms with Crippen molar-refractivity contribution in [2.45, 2.75) is 31.8 Å². The fourth-order valence-electron chi connectivity index (χ4n) is 2.86. The van der Waals surface area contributed by atoms with Crippen LogP contribution < -0.4 is 16.0 Å². The number of aryl methyl sites for hydroxylation is 1. The maximum Gasteiger partial charge on any atom is 0.224 e. The molecule has 19 heavy (non-hydrogen) atoms. The Morgan fingerprint density at radius 1 is 1.42 bits per heavy atom. The molecule has 3 rings (SSSR count). The molecule has 1 fully saturated rings. The van der Waals surface area contributed by atoms with Gasteiger partial charge >= 0.3 is 0 Å². The summed E-state index contributed by atoms with van der Waals surface area (Å²) < 4.78 is 0. The summed E-state index contributed by atoms with van der Waals surface area (Å²) in [5.41, 5.74) is 9.00. The summed E-state index contributed by atoms with van der Waals surface area (Å²) in [4.78, 5) is 13.5. The Morgan fingerprint density at radius 3 is 2.89 bits per heavy atom. The van der Waals surface area contributed by atoms with E-state index in [0.717, 1.165) is 36.3 Å². The Kier molecular flexibility index (Phi) is 2.67. The number of fused-ring (bicyclic) bond motifs is 1. The van der Waals surface area contributed by atoms with Crippen LogP contribution in [0.3, 0.4) is 0 Å². The van der Waals surface area contributed by atoms with Crippen molar-refractivity contribution in [1.82, 2.24) is 0 Å². The highest BCUT2D eigenvalue weighted by molar-refractivity contribution is 5.95. The van der Waals surface area contributed by atoms with Crippen molar-refractivity contribution in [3.63, 3.8) is 0 Å². The zero-order chi connectivity index (χ0) is 13.6. The van der Waals surface area contributed by atoms with Crippen LogP contribution >= 0.6 is 0 Å². The number of benzene rings is 1. The van der Waals surface area contributed by atoms with Crippen molar-refractivity contribution in [3.05, 3.63) is 17.7 Å². The largest absolute Gasteiger partial charge is 0.397 e. The molecular weight excluding hydrogens is 242 g/mol. The molecule has 1 aromatic carbocycles. The van der Waals surface area contributed by atoms with E-state index in [0.29, 0.717) is 18.7 Å². The first-order valence-corrected chi connectivity index (χ1v) is 6.64. The molecule has 1 unspecified atom stereocenters. The van der Waals surface area contributed by atoms with Crippen LogP contribution in [0.25, 0.3) is 0 Å². The van der Waals surface area contributed by atoms with Gasteiger partial charge in [0.2, 0.25) is 5.91 Å². The number of hydrogen-bond donors (Lipinski definition) is 3. The highest BCUT2D eigenvalue weighted by Crippen LogP contribution is 2.36. The highest BCUT2D eigenvalue weighted by Gasteiger charge is 2.32. The molecule has 5 nitrogen and oxygen atoms in total. The van der Waals surface area contributed by atoms with Gasteiger partial charge in [-0.1, -0.05) is 0 Å². The molecule has 0 saturated carbocycles. The van der Waals surface area contributed by atoms with Crippen molar-refractivity contribution in [2.75, 3.05) is 29.0 Å². The molecule has 1 atom stereocenters. The number of hydrogen-bond acceptors (Lipinski definition) is 4. The molecule has 0 bridgehead atoms. The maximum absolute atomic E-state index is 11.4. The van der Waals surface area contributed by atoms with Crippen LogP contribution in [-0.2, 0) is 11.2 Å². The van der Waals surface area contributed by atoms with Crippen LogP contribution in [0.15, 0.2) is 12.1 Å². The van der Waals surface area contributed by atoms with E-state index in [4.69, 9.17) is 5.73 Å². The number of nitrogens with one attached hydrogen (secondary N) is 1. The molecule has 5 heteroatoms. The summed E-state index contributed by atoms with van der Waals surface area (Å²) in [7, 11) is 0. The van der Waals surface area contributed by atoms with Gasteiger partial charge < -0.3 is 21.1 Å². The lowest BCUT2D eigenvalue weighted by Gasteiger charge is -2.25. The van der Waals surface area contributed by atoms with E-state index in [-0.39, 0.29) is 5.91 Å². The average Bonchev–Trinajstić information content (AvgIpc) is 2.68. The number of β-amino-alcohol motifs (C(OH)–C–C–N with tert-alkyl or cyclic N) is 1. The minimum absolute atomic E-state index is 0.0451. The van der Waals surface area contributed by atoms with Gasteiger partial charge in [0.1, 0.15) is 0 Å². The molecule has 0 aromatic heterocycles. The lowest BCUT2D eigenvalue weighted by molar-refractivity contribution is -0.116. The third kappa shape index (κ3) is 2.26. The Balaban J connectivity index is 1.93. The van der Waals surface area contributed by atoms with E-state index in [1.165, 1.54) is 0 Å². The first-order chi connectivity index (χ1) is 8.94. The maximum atomic E-state index is 11.4. The quantitative estimate of drug-likeness (QED) is 0.662. The second kappa shape index (κ2) is 4.13. The highest BCUT2D eigenvalue weighted by atomic mass is 16.3. The number of carbonyl (C=O) groups is 1. The fraction of sp³-hybridized carbons (Fsp3) is 0.500. The average molecular weight is 261 g/mol. The Morgan fingerprint density at radius 2 is 2.21 bits per heavy atom. The monoisotopic (exact) mass is 261 g/mol. The van der Waals surface area contributed by atoms with E-state index >= 15 is 0 Å². The minimum atomic E-state index is -0.642. The van der Waals surface area contributed by atoms with Crippen LogP contribution in [0.5, 0.6) is 0 Å². The van der Waals surface area contributed by atoms with Gasteiger partial charge in [-0.2, -0.15) is 0 Å². The van der Waals surface area contributed by atoms with Gasteiger partial charge in [-0.25, -0.2) is 0 Å². The van der Waals surface area contributed by atoms with Gasteiger partial charge in [0.25, 0.3) is 0 Å². The van der Waals surface area contributed by atoms with Crippen LogP contribution in [0.1, 0.15) is 25.3 Å². The van der Waals surface area contributed by atoms with Crippen LogP contribution in [0.4, 0.5) is 17.1 Å². The molecule has 1 saturated heterocycles. The third-order valence-electron chi connectivity index (χ3n) is 3.94. The van der Waals surface area contributed by atoms with Crippen molar-refractivity contribution in [2.24, 2.45) is 0 Å². The molecule has 1 amide bonds. The SMILES string of the molecule is CC1(O)CCN(c2cc3c(cc2N)NC(=O)CC3)C1. The van der Waals surface area contributed by atoms with Crippen molar-refractivity contribution in [1.29, 1.82) is 0 Å². The number of aliphatic hydroxyl groups is 1. The zero-order valence-corrected chi connectivity index (χ0v) is 11.1. The van der Waals surface area contributed by atoms with Gasteiger partial charge in [-0.3, -0.25) is 4.79 Å². The van der Waals surface area contributed by atoms with Gasteiger partial charge in [-0.15, -0.1) is 0 Å². The summed E-state index contributed by atoms with van der Waals surface area (Å²) in [5.74, 6) is 0.0451. The third-order valence-corrected chi connectivity index (χ3v) is 3.94. The van der Waals surface area contributed by atoms with E-state index in [1.807, 2.05) is 19.1 Å². The van der Waals surface area contributed by atoms with Gasteiger partial charge in [-0.05, 0) is 37.5 Å². The summed E-state index contributed by atoms with van der Waals surface area (Å²) in [6.45, 7) is 3.26. The zero-order valence-electron chi connectivity index (χ0n) is 11.1. The summed E-state index contributed by atoms with van der Waals surface area (Å²) >= 11 is 0. The van der Waals surface area contributed by atoms with E-state index in [2.05, 4.69) is 10.2 Å². The standard InChI is InChI=1S/C14H19N3O2/c1-14(19)4-5-17(8-14)12-6-9-2-3-13(18)16-11(9)7-10(12)15/h6-7,19H,2-5,8,15H2,1H3,(H,16,18). The Bertz CT molecular complexity index is 540. The number of carbonyl (C=O) groups excluding carboxylic acids is 1. The number of rotatable bonds is 1. The topological polar surface area (TPSA) is 78.6 Å². The van der Waals surface area contributed by atoms with Gasteiger partial charge in [0.15, 0.2) is 0 Å². The van der Waals surface area contributed by atoms with Crippen LogP contribution in [-0.4, -0.2) is 29.7 Å². The summed E-state index contributed by atoms with van der Waals surface area (Å²) in [6, 6.07) is 3.88. The van der Waals surface area contributed by atoms with E-state index in [9.17, 15) is 9.90 Å². The van der Waals surface area contributed by atoms with Crippen molar-refractivity contribution >= 4 is 23.0 Å². The number of nitrogens with zero attached hydrogens (tertiary/aromatic N) is 1. The normalized spacial score (nSPS) is 26.2. The summed E-state index contributed by atoms with van der Waals surface area (Å²) in [6.07, 6.45) is 2.02. The first-order valence-electron chi connectivity index (χ1n) is 6.64. The van der Waals surface area contributed by atoms with E-state index in [1.54, 1.807) is 0 Å². The molecule has 102 valence electrons. The molecule has 0 spiro atoms. The molecule has 2 aliphatic rings. The minimum Gasteiger partial charge on any atom is -0.397 e. The Hall–Kier alpha value is -1.75. The van der Waals surface area contributed by atoms with Gasteiger partial charge in [0, 0.05) is 25.2 Å². The number of nitrogens with two attached hydrogens (primary N) is 1. The molecule has 2 heterocycles. The lowest BCUT2D eigenvalue weighted by Crippen LogP contribution is -2.30.